The van der Waals surface area contributed by atoms with Gasteiger partial charge in [-0.2, -0.15) is 8.42 Å². The lowest BCUT2D eigenvalue weighted by Gasteiger charge is -2.13. The minimum atomic E-state index is -3.69. The summed E-state index contributed by atoms with van der Waals surface area (Å²) >= 11 is 0. The van der Waals surface area contributed by atoms with Gasteiger partial charge >= 0.3 is 0 Å². The van der Waals surface area contributed by atoms with Gasteiger partial charge in [-0.3, -0.25) is 4.18 Å². The molecule has 1 aliphatic carbocycles. The van der Waals surface area contributed by atoms with Crippen molar-refractivity contribution in [2.75, 3.05) is 18.6 Å². The highest BCUT2D eigenvalue weighted by Gasteiger charge is 2.56. The Morgan fingerprint density at radius 3 is 2.00 bits per heavy atom. The molecule has 1 rings (SSSR count). The van der Waals surface area contributed by atoms with E-state index in [0.717, 1.165) is 7.11 Å². The molecule has 0 unspecified atom stereocenters. The minimum absolute atomic E-state index is 0.0216. The normalized spacial score (nSPS) is 20.7. The fraction of sp³-hybridized carbons (Fsp3) is 1.00. The average molecular weight is 242 g/mol. The molecule has 0 bridgehead atoms. The van der Waals surface area contributed by atoms with E-state index in [4.69, 9.17) is 0 Å². The molecule has 0 aliphatic heterocycles. The molecule has 7 heteroatoms. The van der Waals surface area contributed by atoms with E-state index in [9.17, 15) is 16.8 Å². The van der Waals surface area contributed by atoms with Crippen LogP contribution in [0, 0.1) is 0 Å². The third-order valence-corrected chi connectivity index (χ3v) is 6.77. The maximum absolute atomic E-state index is 11.6. The van der Waals surface area contributed by atoms with E-state index >= 15 is 0 Å². The summed E-state index contributed by atoms with van der Waals surface area (Å²) in [5.41, 5.74) is 0. The van der Waals surface area contributed by atoms with Crippen LogP contribution in [0.15, 0.2) is 0 Å². The lowest BCUT2D eigenvalue weighted by molar-refractivity contribution is 0.396. The average Bonchev–Trinajstić information content (AvgIpc) is 2.85. The van der Waals surface area contributed by atoms with Crippen molar-refractivity contribution in [3.05, 3.63) is 0 Å². The number of rotatable bonds is 5. The van der Waals surface area contributed by atoms with Crippen molar-refractivity contribution in [2.45, 2.75) is 24.5 Å². The van der Waals surface area contributed by atoms with Crippen LogP contribution in [0.2, 0.25) is 0 Å². The first kappa shape index (κ1) is 11.9. The van der Waals surface area contributed by atoms with E-state index in [1.54, 1.807) is 0 Å². The van der Waals surface area contributed by atoms with Crippen LogP contribution in [-0.2, 0) is 24.1 Å². The van der Waals surface area contributed by atoms with Crippen LogP contribution < -0.4 is 0 Å². The Bertz CT molecular complexity index is 401. The molecule has 0 heterocycles. The van der Waals surface area contributed by atoms with Gasteiger partial charge in [0.25, 0.3) is 10.1 Å². The first-order valence-corrected chi connectivity index (χ1v) is 7.52. The third kappa shape index (κ3) is 2.09. The first-order chi connectivity index (χ1) is 6.29. The Hall–Kier alpha value is -0.140. The van der Waals surface area contributed by atoms with Gasteiger partial charge in [-0.25, -0.2) is 8.42 Å². The quantitative estimate of drug-likeness (QED) is 0.631. The zero-order chi connectivity index (χ0) is 11.0. The van der Waals surface area contributed by atoms with E-state index in [0.29, 0.717) is 12.8 Å². The van der Waals surface area contributed by atoms with E-state index < -0.39 is 30.5 Å². The van der Waals surface area contributed by atoms with Gasteiger partial charge in [-0.15, -0.1) is 0 Å². The highest BCUT2D eigenvalue weighted by atomic mass is 32.2. The van der Waals surface area contributed by atoms with Crippen LogP contribution in [0.5, 0.6) is 0 Å². The maximum atomic E-state index is 11.6. The van der Waals surface area contributed by atoms with Crippen molar-refractivity contribution in [3.8, 4) is 0 Å². The molecule has 1 saturated carbocycles. The lowest BCUT2D eigenvalue weighted by Crippen LogP contribution is -2.33. The molecule has 0 atom stereocenters. The van der Waals surface area contributed by atoms with Gasteiger partial charge in [0.1, 0.15) is 0 Å². The predicted octanol–water partition coefficient (Wildman–Crippen LogP) is -0.0701. The third-order valence-electron chi connectivity index (χ3n) is 2.54. The molecular formula is C7H14O5S2. The second-order valence-electron chi connectivity index (χ2n) is 3.46. The van der Waals surface area contributed by atoms with E-state index in [2.05, 4.69) is 4.18 Å². The van der Waals surface area contributed by atoms with E-state index in [-0.39, 0.29) is 5.75 Å². The van der Waals surface area contributed by atoms with Gasteiger partial charge in [0.15, 0.2) is 9.84 Å². The van der Waals surface area contributed by atoms with Crippen LogP contribution >= 0.6 is 0 Å². The fourth-order valence-electron chi connectivity index (χ4n) is 1.37. The topological polar surface area (TPSA) is 77.5 Å². The van der Waals surface area contributed by atoms with Crippen molar-refractivity contribution >= 4 is 20.0 Å². The minimum Gasteiger partial charge on any atom is -0.273 e. The van der Waals surface area contributed by atoms with Crippen molar-refractivity contribution < 1.29 is 21.0 Å². The van der Waals surface area contributed by atoms with E-state index in [1.165, 1.54) is 6.92 Å². The summed E-state index contributed by atoms with van der Waals surface area (Å²) in [5.74, 6) is -0.432. The Morgan fingerprint density at radius 2 is 1.71 bits per heavy atom. The number of hydrogen-bond donors (Lipinski definition) is 0. The van der Waals surface area contributed by atoms with Crippen LogP contribution in [-0.4, -0.2) is 40.2 Å². The summed E-state index contributed by atoms with van der Waals surface area (Å²) < 4.78 is 48.6. The predicted molar refractivity (Wildman–Crippen MR) is 52.2 cm³/mol. The molecule has 0 aromatic heterocycles. The van der Waals surface area contributed by atoms with Gasteiger partial charge in [-0.05, 0) is 12.8 Å². The fourth-order valence-corrected chi connectivity index (χ4v) is 4.91. The monoisotopic (exact) mass is 242 g/mol. The SMILES string of the molecule is CCS(=O)(=O)C1(CS(=O)(=O)OC)CC1. The second kappa shape index (κ2) is 3.46. The molecule has 84 valence electrons. The first-order valence-electron chi connectivity index (χ1n) is 4.29. The van der Waals surface area contributed by atoms with Gasteiger partial charge in [0, 0.05) is 5.75 Å². The highest BCUT2D eigenvalue weighted by Crippen LogP contribution is 2.45. The summed E-state index contributed by atoms with van der Waals surface area (Å²) in [6.07, 6.45) is 0.845. The smallest absolute Gasteiger partial charge is 0.268 e. The van der Waals surface area contributed by atoms with Gasteiger partial charge in [0.2, 0.25) is 0 Å². The molecule has 1 fully saturated rings. The second-order valence-corrected chi connectivity index (χ2v) is 7.87. The maximum Gasteiger partial charge on any atom is 0.268 e. The molecule has 0 N–H and O–H groups in total. The Labute approximate surface area is 84.5 Å². The molecule has 0 aromatic carbocycles. The summed E-state index contributed by atoms with van der Waals surface area (Å²) in [7, 11) is -5.93. The molecule has 0 radical (unpaired) electrons. The molecule has 0 saturated heterocycles. The zero-order valence-electron chi connectivity index (χ0n) is 8.19. The number of hydrogen-bond acceptors (Lipinski definition) is 5. The van der Waals surface area contributed by atoms with Gasteiger partial charge in [-0.1, -0.05) is 6.92 Å². The standard InChI is InChI=1S/C7H14O5S2/c1-3-13(8,9)7(4-5-7)6-14(10,11)12-2/h3-6H2,1-2H3. The molecule has 0 aromatic rings. The van der Waals surface area contributed by atoms with Crippen LogP contribution in [0.25, 0.3) is 0 Å². The van der Waals surface area contributed by atoms with Crippen LogP contribution in [0.1, 0.15) is 19.8 Å². The Kier molecular flexibility index (Phi) is 2.95. The molecule has 0 amide bonds. The molecule has 14 heavy (non-hydrogen) atoms. The Balaban J connectivity index is 2.91. The van der Waals surface area contributed by atoms with Crippen LogP contribution in [0.4, 0.5) is 0 Å². The van der Waals surface area contributed by atoms with Gasteiger partial charge < -0.3 is 0 Å². The van der Waals surface area contributed by atoms with Crippen LogP contribution in [0.3, 0.4) is 0 Å². The largest absolute Gasteiger partial charge is 0.273 e. The van der Waals surface area contributed by atoms with Crippen molar-refractivity contribution in [2.24, 2.45) is 0 Å². The van der Waals surface area contributed by atoms with Gasteiger partial charge in [0.05, 0.1) is 17.6 Å². The van der Waals surface area contributed by atoms with Crippen molar-refractivity contribution in [3.63, 3.8) is 0 Å². The van der Waals surface area contributed by atoms with Crippen molar-refractivity contribution in [1.29, 1.82) is 0 Å². The molecular weight excluding hydrogens is 228 g/mol. The van der Waals surface area contributed by atoms with E-state index in [1.807, 2.05) is 0 Å². The molecule has 5 nitrogen and oxygen atoms in total. The number of sulfone groups is 1. The van der Waals surface area contributed by atoms with Crippen molar-refractivity contribution in [1.82, 2.24) is 0 Å². The summed E-state index contributed by atoms with van der Waals surface area (Å²) in [4.78, 5) is 0. The Morgan fingerprint density at radius 1 is 1.21 bits per heavy atom. The zero-order valence-corrected chi connectivity index (χ0v) is 9.82. The summed E-state index contributed by atoms with van der Waals surface area (Å²) in [6, 6.07) is 0. The summed E-state index contributed by atoms with van der Waals surface area (Å²) in [6.45, 7) is 1.52. The molecule has 0 spiro atoms. The lowest BCUT2D eigenvalue weighted by atomic mass is 10.5. The summed E-state index contributed by atoms with van der Waals surface area (Å²) in [5, 5.41) is 0. The highest BCUT2D eigenvalue weighted by molar-refractivity contribution is 7.95. The molecule has 1 aliphatic rings.